The van der Waals surface area contributed by atoms with Crippen molar-refractivity contribution in [2.24, 2.45) is 5.41 Å². The standard InChI is InChI=1S/C12H13Cl5N6O/c1-10(2,3)4-7-20-8(11(13,14)12(15,16)17)23(21-7)9(24)22-6-18-5-19-22/h5-6H,4H2,1-3H3. The van der Waals surface area contributed by atoms with Crippen LogP contribution in [0.3, 0.4) is 0 Å². The van der Waals surface area contributed by atoms with E-state index in [1.807, 2.05) is 20.8 Å². The number of carbonyl (C=O) groups excluding carboxylic acids is 1. The Bertz CT molecular complexity index is 728. The summed E-state index contributed by atoms with van der Waals surface area (Å²) in [7, 11) is 0. The molecule has 0 spiro atoms. The van der Waals surface area contributed by atoms with Gasteiger partial charge in [-0.25, -0.2) is 14.8 Å². The number of aromatic nitrogens is 6. The van der Waals surface area contributed by atoms with Gasteiger partial charge in [0, 0.05) is 6.42 Å². The fourth-order valence-corrected chi connectivity index (χ4v) is 2.27. The van der Waals surface area contributed by atoms with Gasteiger partial charge < -0.3 is 0 Å². The van der Waals surface area contributed by atoms with Crippen LogP contribution in [0, 0.1) is 5.41 Å². The molecule has 2 aromatic heterocycles. The van der Waals surface area contributed by atoms with E-state index in [0.717, 1.165) is 9.36 Å². The molecule has 24 heavy (non-hydrogen) atoms. The van der Waals surface area contributed by atoms with Crippen molar-refractivity contribution < 1.29 is 4.79 Å². The minimum Gasteiger partial charge on any atom is -0.243 e. The Morgan fingerprint density at radius 2 is 1.79 bits per heavy atom. The molecule has 0 amide bonds. The van der Waals surface area contributed by atoms with Gasteiger partial charge >= 0.3 is 6.03 Å². The van der Waals surface area contributed by atoms with Gasteiger partial charge in [0.05, 0.1) is 0 Å². The van der Waals surface area contributed by atoms with Gasteiger partial charge in [0.1, 0.15) is 12.7 Å². The molecule has 0 bridgehead atoms. The van der Waals surface area contributed by atoms with Crippen LogP contribution >= 0.6 is 58.0 Å². The predicted octanol–water partition coefficient (Wildman–Crippen LogP) is 3.98. The lowest BCUT2D eigenvalue weighted by atomic mass is 9.92. The smallest absolute Gasteiger partial charge is 0.243 e. The molecule has 0 atom stereocenters. The number of hydrogen-bond donors (Lipinski definition) is 0. The number of carbonyl (C=O) groups is 1. The molecular formula is C12H13Cl5N6O. The molecule has 2 rings (SSSR count). The van der Waals surface area contributed by atoms with Gasteiger partial charge in [0.2, 0.25) is 8.13 Å². The van der Waals surface area contributed by atoms with Gasteiger partial charge in [-0.2, -0.15) is 14.5 Å². The maximum Gasteiger partial charge on any atom is 0.372 e. The number of alkyl halides is 5. The van der Waals surface area contributed by atoms with Crippen LogP contribution in [0.1, 0.15) is 32.4 Å². The predicted molar refractivity (Wildman–Crippen MR) is 93.1 cm³/mol. The van der Waals surface area contributed by atoms with Crippen molar-refractivity contribution in [1.82, 2.24) is 29.5 Å². The molecule has 7 nitrogen and oxygen atoms in total. The second kappa shape index (κ2) is 6.61. The van der Waals surface area contributed by atoms with Crippen LogP contribution in [0.2, 0.25) is 0 Å². The molecule has 0 fully saturated rings. The largest absolute Gasteiger partial charge is 0.372 e. The maximum absolute atomic E-state index is 12.6. The van der Waals surface area contributed by atoms with Gasteiger partial charge in [-0.15, -0.1) is 5.10 Å². The van der Waals surface area contributed by atoms with Crippen LogP contribution in [0.5, 0.6) is 0 Å². The Balaban J connectivity index is 2.57. The van der Waals surface area contributed by atoms with E-state index < -0.39 is 14.2 Å². The van der Waals surface area contributed by atoms with Crippen molar-refractivity contribution in [3.8, 4) is 0 Å². The highest BCUT2D eigenvalue weighted by Crippen LogP contribution is 2.52. The van der Waals surface area contributed by atoms with Crippen LogP contribution < -0.4 is 0 Å². The third-order valence-electron chi connectivity index (χ3n) is 2.77. The SMILES string of the molecule is CC(C)(C)Cc1nc(C(Cl)(Cl)C(Cl)(Cl)Cl)n(C(=O)n2cncn2)n1. The van der Waals surface area contributed by atoms with Crippen LogP contribution in [0.15, 0.2) is 12.7 Å². The first-order valence-corrected chi connectivity index (χ1v) is 8.52. The van der Waals surface area contributed by atoms with E-state index in [4.69, 9.17) is 58.0 Å². The molecule has 2 aromatic rings. The van der Waals surface area contributed by atoms with Crippen molar-refractivity contribution in [3.05, 3.63) is 24.3 Å². The first kappa shape index (κ1) is 19.7. The van der Waals surface area contributed by atoms with E-state index in [0.29, 0.717) is 12.2 Å². The molecule has 0 aromatic carbocycles. The molecule has 0 saturated carbocycles. The molecule has 0 radical (unpaired) electrons. The zero-order chi connectivity index (χ0) is 18.3. The molecule has 0 aliphatic heterocycles. The molecule has 132 valence electrons. The Morgan fingerprint density at radius 1 is 1.17 bits per heavy atom. The minimum atomic E-state index is -2.15. The molecule has 2 heterocycles. The van der Waals surface area contributed by atoms with E-state index in [-0.39, 0.29) is 11.2 Å². The van der Waals surface area contributed by atoms with E-state index in [9.17, 15) is 4.79 Å². The summed E-state index contributed by atoms with van der Waals surface area (Å²) in [6.07, 6.45) is 2.83. The molecule has 0 unspecified atom stereocenters. The zero-order valence-electron chi connectivity index (χ0n) is 12.8. The number of nitrogens with zero attached hydrogens (tertiary/aromatic N) is 6. The highest BCUT2D eigenvalue weighted by Gasteiger charge is 2.52. The fraction of sp³-hybridized carbons (Fsp3) is 0.583. The average Bonchev–Trinajstić information content (AvgIpc) is 3.03. The van der Waals surface area contributed by atoms with Gasteiger partial charge in [-0.3, -0.25) is 0 Å². The van der Waals surface area contributed by atoms with Crippen LogP contribution in [0.25, 0.3) is 0 Å². The van der Waals surface area contributed by atoms with Crippen LogP contribution in [-0.4, -0.2) is 39.4 Å². The lowest BCUT2D eigenvalue weighted by Crippen LogP contribution is -2.35. The highest BCUT2D eigenvalue weighted by atomic mass is 35.6. The summed E-state index contributed by atoms with van der Waals surface area (Å²) in [6.45, 7) is 5.95. The Labute approximate surface area is 163 Å². The molecule has 0 N–H and O–H groups in total. The van der Waals surface area contributed by atoms with Crippen molar-refractivity contribution in [3.63, 3.8) is 0 Å². The third-order valence-corrected chi connectivity index (χ3v) is 5.11. The quantitative estimate of drug-likeness (QED) is 0.668. The minimum absolute atomic E-state index is 0.152. The Morgan fingerprint density at radius 3 is 2.25 bits per heavy atom. The average molecular weight is 435 g/mol. The summed E-state index contributed by atoms with van der Waals surface area (Å²) in [5.74, 6) is 0.108. The summed E-state index contributed by atoms with van der Waals surface area (Å²) in [5.41, 5.74) is -0.152. The van der Waals surface area contributed by atoms with Crippen LogP contribution in [-0.2, 0) is 10.8 Å². The fourth-order valence-electron chi connectivity index (χ4n) is 1.77. The summed E-state index contributed by atoms with van der Waals surface area (Å²) >= 11 is 29.9. The van der Waals surface area contributed by atoms with Crippen molar-refractivity contribution in [1.29, 1.82) is 0 Å². The summed E-state index contributed by atoms with van der Waals surface area (Å²) in [6, 6.07) is -0.713. The second-order valence-corrected chi connectivity index (χ2v) is 9.80. The number of rotatable bonds is 2. The summed E-state index contributed by atoms with van der Waals surface area (Å²) in [4.78, 5) is 20.5. The molecule has 12 heteroatoms. The first-order chi connectivity index (χ1) is 10.8. The van der Waals surface area contributed by atoms with Crippen molar-refractivity contribution in [2.75, 3.05) is 0 Å². The maximum atomic E-state index is 12.6. The van der Waals surface area contributed by atoms with Gasteiger partial charge in [0.15, 0.2) is 11.6 Å². The zero-order valence-corrected chi connectivity index (χ0v) is 16.6. The van der Waals surface area contributed by atoms with Crippen molar-refractivity contribution in [2.45, 2.75) is 35.3 Å². The second-order valence-electron chi connectivity index (χ2n) is 6.20. The third kappa shape index (κ3) is 4.14. The summed E-state index contributed by atoms with van der Waals surface area (Å²) in [5, 5.41) is 7.90. The first-order valence-electron chi connectivity index (χ1n) is 6.63. The number of hydrogen-bond acceptors (Lipinski definition) is 5. The van der Waals surface area contributed by atoms with Crippen molar-refractivity contribution >= 4 is 64.0 Å². The molecule has 0 saturated heterocycles. The lowest BCUT2D eigenvalue weighted by molar-refractivity contribution is 0.236. The van der Waals surface area contributed by atoms with Gasteiger partial charge in [-0.1, -0.05) is 78.8 Å². The van der Waals surface area contributed by atoms with E-state index in [2.05, 4.69) is 20.2 Å². The lowest BCUT2D eigenvalue weighted by Gasteiger charge is -2.25. The van der Waals surface area contributed by atoms with Crippen LogP contribution in [0.4, 0.5) is 4.79 Å². The van der Waals surface area contributed by atoms with E-state index in [1.165, 1.54) is 12.7 Å². The topological polar surface area (TPSA) is 78.5 Å². The number of halogens is 5. The van der Waals surface area contributed by atoms with E-state index in [1.54, 1.807) is 0 Å². The molecule has 0 aliphatic rings. The molecule has 0 aliphatic carbocycles. The highest BCUT2D eigenvalue weighted by molar-refractivity contribution is 6.75. The molecular weight excluding hydrogens is 421 g/mol. The Kier molecular flexibility index (Phi) is 5.43. The van der Waals surface area contributed by atoms with Gasteiger partial charge in [-0.05, 0) is 5.41 Å². The van der Waals surface area contributed by atoms with E-state index >= 15 is 0 Å². The summed E-state index contributed by atoms with van der Waals surface area (Å²) < 4.78 is -2.47. The van der Waals surface area contributed by atoms with Gasteiger partial charge in [0.25, 0.3) is 0 Å². The Hall–Kier alpha value is -0.600. The normalized spacial score (nSPS) is 13.3. The monoisotopic (exact) mass is 432 g/mol.